The van der Waals surface area contributed by atoms with E-state index in [2.05, 4.69) is 0 Å². The highest BCUT2D eigenvalue weighted by Gasteiger charge is 2.31. The van der Waals surface area contributed by atoms with Crippen LogP contribution in [0.4, 0.5) is 8.78 Å². The Morgan fingerprint density at radius 1 is 1.03 bits per heavy atom. The minimum absolute atomic E-state index is 0.00817. The molecule has 0 aliphatic carbocycles. The Morgan fingerprint density at radius 2 is 1.72 bits per heavy atom. The van der Waals surface area contributed by atoms with Gasteiger partial charge in [0.25, 0.3) is 5.91 Å². The van der Waals surface area contributed by atoms with Gasteiger partial charge in [0.1, 0.15) is 22.5 Å². The number of halogens is 2. The van der Waals surface area contributed by atoms with Crippen LogP contribution >= 0.6 is 0 Å². The molecule has 4 rings (SSSR count). The number of hydrogen-bond acceptors (Lipinski definition) is 4. The monoisotopic (exact) mass is 467 g/mol. The summed E-state index contributed by atoms with van der Waals surface area (Å²) >= 11 is 0. The molecule has 2 aliphatic rings. The number of aromatic nitrogens is 1. The first-order valence-electron chi connectivity index (χ1n) is 10.8. The number of nitrogens with zero attached hydrogens (tertiary/aromatic N) is 3. The van der Waals surface area contributed by atoms with Crippen LogP contribution in [0.1, 0.15) is 42.6 Å². The van der Waals surface area contributed by atoms with Crippen molar-refractivity contribution >= 4 is 15.9 Å². The second kappa shape index (κ2) is 9.19. The lowest BCUT2D eigenvalue weighted by atomic mass is 10.1. The number of rotatable bonds is 5. The molecular weight excluding hydrogens is 440 g/mol. The lowest BCUT2D eigenvalue weighted by Crippen LogP contribution is -2.42. The van der Waals surface area contributed by atoms with Gasteiger partial charge in [0.15, 0.2) is 11.6 Å². The topological polar surface area (TPSA) is 71.9 Å². The molecule has 0 unspecified atom stereocenters. The molecule has 0 spiro atoms. The molecule has 0 atom stereocenters. The normalized spacial score (nSPS) is 18.7. The molecule has 0 bridgehead atoms. The average molecular weight is 468 g/mol. The lowest BCUT2D eigenvalue weighted by Gasteiger charge is -2.32. The van der Waals surface area contributed by atoms with Crippen molar-refractivity contribution < 1.29 is 26.7 Å². The number of likely N-dealkylation sites (tertiary alicyclic amines) is 1. The van der Waals surface area contributed by atoms with Crippen molar-refractivity contribution in [1.29, 1.82) is 0 Å². The molecule has 0 saturated carbocycles. The van der Waals surface area contributed by atoms with Crippen LogP contribution in [0.2, 0.25) is 0 Å². The molecule has 2 saturated heterocycles. The molecule has 10 heteroatoms. The van der Waals surface area contributed by atoms with Gasteiger partial charge in [-0.15, -0.1) is 0 Å². The number of carbonyl (C=O) groups is 1. The van der Waals surface area contributed by atoms with Gasteiger partial charge in [0.05, 0.1) is 0 Å². The van der Waals surface area contributed by atoms with Gasteiger partial charge in [0.2, 0.25) is 10.0 Å². The molecule has 0 radical (unpaired) electrons. The van der Waals surface area contributed by atoms with Crippen molar-refractivity contribution in [1.82, 2.24) is 13.8 Å². The van der Waals surface area contributed by atoms with E-state index in [0.717, 1.165) is 31.4 Å². The van der Waals surface area contributed by atoms with Crippen LogP contribution in [0.25, 0.3) is 0 Å². The Labute approximate surface area is 186 Å². The van der Waals surface area contributed by atoms with Crippen LogP contribution < -0.4 is 4.74 Å². The maximum absolute atomic E-state index is 13.8. The number of piperidine rings is 2. The fourth-order valence-corrected chi connectivity index (χ4v) is 5.82. The van der Waals surface area contributed by atoms with Crippen LogP contribution in [0.15, 0.2) is 35.4 Å². The SMILES string of the molecule is Cn1cc(S(=O)(=O)N2CCCCC2)cc1C(=O)N1CCC(Oc2ccc(F)cc2F)CC1. The van der Waals surface area contributed by atoms with Crippen molar-refractivity contribution in [2.24, 2.45) is 7.05 Å². The highest BCUT2D eigenvalue weighted by Crippen LogP contribution is 2.26. The molecule has 1 amide bonds. The first-order chi connectivity index (χ1) is 15.3. The molecule has 7 nitrogen and oxygen atoms in total. The summed E-state index contributed by atoms with van der Waals surface area (Å²) in [5, 5.41) is 0. The predicted octanol–water partition coefficient (Wildman–Crippen LogP) is 3.16. The summed E-state index contributed by atoms with van der Waals surface area (Å²) in [4.78, 5) is 14.8. The van der Waals surface area contributed by atoms with Crippen LogP contribution in [-0.4, -0.2) is 60.4 Å². The van der Waals surface area contributed by atoms with Gasteiger partial charge >= 0.3 is 0 Å². The molecule has 0 N–H and O–H groups in total. The fourth-order valence-electron chi connectivity index (χ4n) is 4.23. The van der Waals surface area contributed by atoms with Gasteiger partial charge in [-0.05, 0) is 31.0 Å². The van der Waals surface area contributed by atoms with E-state index < -0.39 is 21.7 Å². The summed E-state index contributed by atoms with van der Waals surface area (Å²) < 4.78 is 61.4. The number of benzene rings is 1. The van der Waals surface area contributed by atoms with Crippen LogP contribution in [-0.2, 0) is 17.1 Å². The third-order valence-electron chi connectivity index (χ3n) is 6.07. The van der Waals surface area contributed by atoms with Gasteiger partial charge in [-0.2, -0.15) is 4.31 Å². The van der Waals surface area contributed by atoms with Crippen molar-refractivity contribution in [2.45, 2.75) is 43.1 Å². The number of ether oxygens (including phenoxy) is 1. The van der Waals surface area contributed by atoms with Crippen molar-refractivity contribution in [3.05, 3.63) is 47.8 Å². The minimum Gasteiger partial charge on any atom is -0.487 e. The number of amides is 1. The summed E-state index contributed by atoms with van der Waals surface area (Å²) in [6, 6.07) is 4.63. The third kappa shape index (κ3) is 4.66. The summed E-state index contributed by atoms with van der Waals surface area (Å²) in [5.41, 5.74) is 0.310. The zero-order valence-corrected chi connectivity index (χ0v) is 18.8. The smallest absolute Gasteiger partial charge is 0.270 e. The Hall–Kier alpha value is -2.46. The Kier molecular flexibility index (Phi) is 6.52. The molecule has 2 aromatic rings. The highest BCUT2D eigenvalue weighted by atomic mass is 32.2. The van der Waals surface area contributed by atoms with Crippen LogP contribution in [0.5, 0.6) is 5.75 Å². The Bertz CT molecular complexity index is 1090. The van der Waals surface area contributed by atoms with Crippen molar-refractivity contribution in [3.8, 4) is 5.75 Å². The molecule has 1 aromatic heterocycles. The standard InChI is InChI=1S/C22H27F2N3O4S/c1-25-15-18(32(29,30)27-9-3-2-4-10-27)14-20(25)22(28)26-11-7-17(8-12-26)31-21-6-5-16(23)13-19(21)24/h5-6,13-15,17H,2-4,7-12H2,1H3. The quantitative estimate of drug-likeness (QED) is 0.677. The molecule has 174 valence electrons. The number of sulfonamides is 1. The number of aryl methyl sites for hydroxylation is 1. The van der Waals surface area contributed by atoms with Crippen LogP contribution in [0, 0.1) is 11.6 Å². The fraction of sp³-hybridized carbons (Fsp3) is 0.500. The summed E-state index contributed by atoms with van der Waals surface area (Å²) in [6.45, 7) is 1.79. The van der Waals surface area contributed by atoms with E-state index in [1.54, 1.807) is 16.5 Å². The van der Waals surface area contributed by atoms with Crippen molar-refractivity contribution in [3.63, 3.8) is 0 Å². The predicted molar refractivity (Wildman–Crippen MR) is 114 cm³/mol. The largest absolute Gasteiger partial charge is 0.487 e. The van der Waals surface area contributed by atoms with E-state index in [1.807, 2.05) is 0 Å². The average Bonchev–Trinajstić information content (AvgIpc) is 3.19. The molecule has 2 fully saturated rings. The molecule has 32 heavy (non-hydrogen) atoms. The van der Waals surface area contributed by atoms with E-state index in [9.17, 15) is 22.0 Å². The Morgan fingerprint density at radius 3 is 2.38 bits per heavy atom. The van der Waals surface area contributed by atoms with E-state index in [-0.39, 0.29) is 22.7 Å². The zero-order chi connectivity index (χ0) is 22.9. The zero-order valence-electron chi connectivity index (χ0n) is 18.0. The van der Waals surface area contributed by atoms with Crippen molar-refractivity contribution in [2.75, 3.05) is 26.2 Å². The maximum Gasteiger partial charge on any atom is 0.270 e. The summed E-state index contributed by atoms with van der Waals surface area (Å²) in [6.07, 6.45) is 4.90. The summed E-state index contributed by atoms with van der Waals surface area (Å²) in [5.74, 6) is -1.68. The van der Waals surface area contributed by atoms with Gasteiger partial charge in [0, 0.05) is 58.3 Å². The van der Waals surface area contributed by atoms with Gasteiger partial charge in [-0.3, -0.25) is 4.79 Å². The molecule has 1 aromatic carbocycles. The first-order valence-corrected chi connectivity index (χ1v) is 12.3. The second-order valence-corrected chi connectivity index (χ2v) is 10.3. The van der Waals surface area contributed by atoms with E-state index in [4.69, 9.17) is 4.74 Å². The van der Waals surface area contributed by atoms with Gasteiger partial charge in [-0.1, -0.05) is 6.42 Å². The Balaban J connectivity index is 1.40. The maximum atomic E-state index is 13.8. The summed E-state index contributed by atoms with van der Waals surface area (Å²) in [7, 11) is -1.96. The molecule has 2 aliphatic heterocycles. The highest BCUT2D eigenvalue weighted by molar-refractivity contribution is 7.89. The lowest BCUT2D eigenvalue weighted by molar-refractivity contribution is 0.0579. The van der Waals surface area contributed by atoms with Gasteiger partial charge < -0.3 is 14.2 Å². The first kappa shape index (κ1) is 22.7. The van der Waals surface area contributed by atoms with E-state index >= 15 is 0 Å². The molecule has 3 heterocycles. The van der Waals surface area contributed by atoms with E-state index in [1.165, 1.54) is 22.6 Å². The van der Waals surface area contributed by atoms with Crippen LogP contribution in [0.3, 0.4) is 0 Å². The third-order valence-corrected chi connectivity index (χ3v) is 7.93. The van der Waals surface area contributed by atoms with Gasteiger partial charge in [-0.25, -0.2) is 17.2 Å². The molecular formula is C22H27F2N3O4S. The van der Waals surface area contributed by atoms with E-state index in [0.29, 0.717) is 44.7 Å². The second-order valence-electron chi connectivity index (χ2n) is 8.32. The number of carbonyl (C=O) groups excluding carboxylic acids is 1. The number of hydrogen-bond donors (Lipinski definition) is 0. The minimum atomic E-state index is -3.62.